The number of ether oxygens (including phenoxy) is 2. The van der Waals surface area contributed by atoms with Crippen molar-refractivity contribution in [1.82, 2.24) is 10.6 Å². The van der Waals surface area contributed by atoms with Crippen LogP contribution in [-0.2, 0) is 11.2 Å². The highest BCUT2D eigenvalue weighted by molar-refractivity contribution is 6.04. The van der Waals surface area contributed by atoms with E-state index in [-0.39, 0.29) is 25.1 Å². The minimum atomic E-state index is -0.938. The molecular weight excluding hydrogens is 805 g/mol. The van der Waals surface area contributed by atoms with Crippen molar-refractivity contribution in [2.24, 2.45) is 62.4 Å². The number of fused-ring (bicyclic) bond motifs is 3. The summed E-state index contributed by atoms with van der Waals surface area (Å²) in [7, 11) is 1.71. The zero-order chi connectivity index (χ0) is 45.2. The molecule has 0 amide bonds. The maximum atomic E-state index is 11.5. The first-order valence-electron chi connectivity index (χ1n) is 25.2. The number of nitrogens with two attached hydrogens (primary N) is 2. The van der Waals surface area contributed by atoms with Crippen molar-refractivity contribution >= 4 is 11.7 Å². The van der Waals surface area contributed by atoms with Gasteiger partial charge in [-0.25, -0.2) is 0 Å². The molecule has 1 aromatic rings. The minimum Gasteiger partial charge on any atom is -0.504 e. The Morgan fingerprint density at radius 1 is 1.06 bits per heavy atom. The van der Waals surface area contributed by atoms with E-state index in [1.165, 1.54) is 76.2 Å². The van der Waals surface area contributed by atoms with Gasteiger partial charge >= 0.3 is 0 Å². The van der Waals surface area contributed by atoms with Crippen LogP contribution in [0, 0.1) is 53.1 Å². The van der Waals surface area contributed by atoms with E-state index >= 15 is 0 Å². The van der Waals surface area contributed by atoms with Crippen LogP contribution in [0.4, 0.5) is 0 Å². The number of unbranched alkanes of at least 4 members (excludes halogenated alkanes) is 1. The van der Waals surface area contributed by atoms with Crippen molar-refractivity contribution in [2.75, 3.05) is 39.9 Å². The number of benzene rings is 1. The first-order chi connectivity index (χ1) is 30.9. The molecule has 0 aromatic heterocycles. The SMILES string of the molecule is CN=C(N)NC[C@H](C)CC[C@@H]1CC[C@@H](N)C[C@H]1CCCCC1O[C-](CCc2ccc(O)c(OC[C@H](O)[C+]3C=C4C(=N3)CC3(CCCC3)[C@H]3CCC[C@H]3[C@@H]4CNC[C@H](C)O)c2)C=C1CO. The molecule has 356 valence electrons. The molecule has 12 nitrogen and oxygen atoms in total. The lowest BCUT2D eigenvalue weighted by Crippen LogP contribution is -2.37. The Morgan fingerprint density at radius 3 is 2.66 bits per heavy atom. The Morgan fingerprint density at radius 2 is 1.88 bits per heavy atom. The van der Waals surface area contributed by atoms with Crippen LogP contribution < -0.4 is 26.8 Å². The summed E-state index contributed by atoms with van der Waals surface area (Å²) >= 11 is 0. The molecule has 6 aliphatic rings. The van der Waals surface area contributed by atoms with Gasteiger partial charge in [-0.1, -0.05) is 64.0 Å². The first kappa shape index (κ1) is 48.7. The van der Waals surface area contributed by atoms with Crippen LogP contribution in [0.15, 0.2) is 51.5 Å². The second kappa shape index (κ2) is 23.0. The Balaban J connectivity index is 0.878. The van der Waals surface area contributed by atoms with Gasteiger partial charge in [0.25, 0.3) is 0 Å². The van der Waals surface area contributed by atoms with Crippen LogP contribution in [0.5, 0.6) is 11.5 Å². The van der Waals surface area contributed by atoms with Crippen molar-refractivity contribution in [3.63, 3.8) is 0 Å². The molecule has 4 aliphatic carbocycles. The fourth-order valence-corrected chi connectivity index (χ4v) is 12.6. The molecule has 10 atom stereocenters. The number of hydrogen-bond acceptors (Lipinski definition) is 10. The van der Waals surface area contributed by atoms with Crippen LogP contribution in [0.3, 0.4) is 0 Å². The maximum absolute atomic E-state index is 11.5. The van der Waals surface area contributed by atoms with E-state index in [0.717, 1.165) is 74.6 Å². The lowest BCUT2D eigenvalue weighted by molar-refractivity contribution is 0.101. The number of aromatic hydroxyl groups is 1. The summed E-state index contributed by atoms with van der Waals surface area (Å²) in [4.78, 5) is 9.15. The number of aliphatic imine (C=N–C) groups is 2. The first-order valence-corrected chi connectivity index (χ1v) is 25.2. The molecule has 2 heterocycles. The topological polar surface area (TPSA) is 200 Å². The molecule has 10 N–H and O–H groups in total. The molecule has 0 bridgehead atoms. The number of phenols is 1. The molecule has 4 saturated carbocycles. The van der Waals surface area contributed by atoms with Crippen LogP contribution in [0.1, 0.15) is 135 Å². The van der Waals surface area contributed by atoms with Gasteiger partial charge in [0.05, 0.1) is 24.5 Å². The summed E-state index contributed by atoms with van der Waals surface area (Å²) in [5.41, 5.74) is 16.9. The molecule has 7 rings (SSSR count). The quantitative estimate of drug-likeness (QED) is 0.0258. The third-order valence-electron chi connectivity index (χ3n) is 16.1. The number of aryl methyl sites for hydroxylation is 1. The van der Waals surface area contributed by atoms with Crippen molar-refractivity contribution < 1.29 is 29.9 Å². The van der Waals surface area contributed by atoms with E-state index in [1.54, 1.807) is 13.1 Å². The van der Waals surface area contributed by atoms with Crippen molar-refractivity contribution in [2.45, 2.75) is 160 Å². The van der Waals surface area contributed by atoms with Gasteiger partial charge < -0.3 is 52.0 Å². The summed E-state index contributed by atoms with van der Waals surface area (Å²) in [6.45, 7) is 6.28. The highest BCUT2D eigenvalue weighted by Gasteiger charge is 2.57. The third-order valence-corrected chi connectivity index (χ3v) is 16.1. The third kappa shape index (κ3) is 12.4. The largest absolute Gasteiger partial charge is 0.504 e. The number of nitrogens with zero attached hydrogens (tertiary/aromatic N) is 2. The van der Waals surface area contributed by atoms with Crippen molar-refractivity contribution in [3.8, 4) is 11.5 Å². The second-order valence-electron chi connectivity index (χ2n) is 20.8. The van der Waals surface area contributed by atoms with Gasteiger partial charge in [0.15, 0.2) is 35.3 Å². The number of hydrogen-bond donors (Lipinski definition) is 8. The average Bonchev–Trinajstić information content (AvgIpc) is 4.11. The van der Waals surface area contributed by atoms with Gasteiger partial charge in [-0.15, -0.1) is 4.99 Å². The van der Waals surface area contributed by atoms with Gasteiger partial charge in [0, 0.05) is 45.4 Å². The predicted molar refractivity (Wildman–Crippen MR) is 256 cm³/mol. The van der Waals surface area contributed by atoms with Crippen LogP contribution >= 0.6 is 0 Å². The Hall–Kier alpha value is -3.26. The van der Waals surface area contributed by atoms with Gasteiger partial charge in [-0.3, -0.25) is 4.99 Å². The number of aliphatic hydroxyl groups excluding tert-OH is 3. The van der Waals surface area contributed by atoms with Crippen LogP contribution in [0.2, 0.25) is 0 Å². The van der Waals surface area contributed by atoms with E-state index < -0.39 is 12.2 Å². The zero-order valence-corrected chi connectivity index (χ0v) is 39.3. The zero-order valence-electron chi connectivity index (χ0n) is 39.3. The molecule has 0 saturated heterocycles. The number of aliphatic hydroxyl groups is 3. The fourth-order valence-electron chi connectivity index (χ4n) is 12.6. The standard InChI is InChI=1S/C52H82N6O6/c1-33(28-57-51(54)55-3)13-16-36-17-18-39(53)24-37(36)9-4-5-12-49-38(31-59)25-40(64-49)19-14-35-15-20-47(61)50(23-35)63-32-48(62)45-26-42-43(30-56-29-34(2)60)41-10-8-11-44(41)52(21-6-7-22-52)27-46(42)58-45/h15,20,23,25-26,33-34,36-37,39,41,43-44,48-49,56,59-62H,4-14,16-19,21-22,24,27-32,53H2,1-3H3,(H3,54,55,57)/t33-,34+,36-,37-,39-,41+,43+,44+,48+,49?/m1/s1. The van der Waals surface area contributed by atoms with E-state index in [1.807, 2.05) is 25.1 Å². The molecule has 1 aromatic carbocycles. The van der Waals surface area contributed by atoms with E-state index in [2.05, 4.69) is 28.6 Å². The predicted octanol–water partition coefficient (Wildman–Crippen LogP) is 7.05. The molecule has 1 unspecified atom stereocenters. The summed E-state index contributed by atoms with van der Waals surface area (Å²) in [5, 5.41) is 49.4. The van der Waals surface area contributed by atoms with Crippen molar-refractivity contribution in [3.05, 3.63) is 59.2 Å². The number of rotatable bonds is 22. The summed E-state index contributed by atoms with van der Waals surface area (Å²) < 4.78 is 12.6. The number of phenolic OH excluding ortho intramolecular Hbond substituents is 1. The summed E-state index contributed by atoms with van der Waals surface area (Å²) in [6.07, 6.45) is 24.9. The van der Waals surface area contributed by atoms with Crippen LogP contribution in [-0.4, -0.2) is 96.3 Å². The Bertz CT molecular complexity index is 1780. The molecule has 12 heteroatoms. The minimum absolute atomic E-state index is 0.0141. The average molecular weight is 887 g/mol. The highest BCUT2D eigenvalue weighted by Crippen LogP contribution is 2.60. The van der Waals surface area contributed by atoms with E-state index in [9.17, 15) is 20.4 Å². The normalized spacial score (nSPS) is 29.2. The Labute approximate surface area is 384 Å². The fraction of sp³-hybridized carbons (Fsp3) is 0.731. The lowest BCUT2D eigenvalue weighted by Gasteiger charge is -2.37. The highest BCUT2D eigenvalue weighted by atomic mass is 16.5. The van der Waals surface area contributed by atoms with Gasteiger partial charge in [0.2, 0.25) is 0 Å². The molecule has 0 radical (unpaired) electrons. The van der Waals surface area contributed by atoms with Gasteiger partial charge in [0.1, 0.15) is 12.2 Å². The maximum Gasteiger partial charge on any atom is 0.190 e. The molecule has 1 spiro atoms. The van der Waals surface area contributed by atoms with Gasteiger partial charge in [-0.2, -0.15) is 11.6 Å². The molecule has 4 fully saturated rings. The smallest absolute Gasteiger partial charge is 0.190 e. The monoisotopic (exact) mass is 887 g/mol. The molecule has 2 aliphatic heterocycles. The molecule has 64 heavy (non-hydrogen) atoms. The van der Waals surface area contributed by atoms with Crippen LogP contribution in [0.25, 0.3) is 0 Å². The van der Waals surface area contributed by atoms with E-state index in [4.69, 9.17) is 25.9 Å². The Kier molecular flexibility index (Phi) is 17.5. The second-order valence-corrected chi connectivity index (χ2v) is 20.8. The molecular formula is C52H82N6O6. The van der Waals surface area contributed by atoms with Crippen molar-refractivity contribution in [1.29, 1.82) is 0 Å². The summed E-state index contributed by atoms with van der Waals surface area (Å²) in [5.74, 6) is 4.37. The lowest BCUT2D eigenvalue weighted by atomic mass is 9.66. The van der Waals surface area contributed by atoms with Gasteiger partial charge in [-0.05, 0) is 130 Å². The number of nitrogens with one attached hydrogen (secondary N) is 2. The number of guanidine groups is 1. The summed E-state index contributed by atoms with van der Waals surface area (Å²) in [6, 6.07) is 6.35. The van der Waals surface area contributed by atoms with E-state index in [0.29, 0.717) is 84.1 Å².